The van der Waals surface area contributed by atoms with Gasteiger partial charge in [-0.05, 0) is 30.7 Å². The quantitative estimate of drug-likeness (QED) is 0.306. The van der Waals surface area contributed by atoms with Gasteiger partial charge in [-0.2, -0.15) is 0 Å². The van der Waals surface area contributed by atoms with Gasteiger partial charge in [0, 0.05) is 21.4 Å². The smallest absolute Gasteiger partial charge is 0.258 e. The number of benzene rings is 1. The molecule has 0 aromatic heterocycles. The second-order valence-electron chi connectivity index (χ2n) is 5.15. The first-order chi connectivity index (χ1) is 9.08. The van der Waals surface area contributed by atoms with E-state index < -0.39 is 0 Å². The van der Waals surface area contributed by atoms with Crippen LogP contribution in [0, 0.1) is 16.0 Å². The molecule has 0 aliphatic heterocycles. The molecule has 1 saturated carbocycles. The van der Waals surface area contributed by atoms with E-state index in [9.17, 15) is 10.1 Å². The van der Waals surface area contributed by atoms with Crippen LogP contribution in [0.1, 0.15) is 37.7 Å². The van der Waals surface area contributed by atoms with Crippen LogP contribution < -0.4 is 0 Å². The second-order valence-corrected chi connectivity index (χ2v) is 7.18. The highest BCUT2D eigenvalue weighted by molar-refractivity contribution is 9.10. The average molecular weight is 391 g/mol. The Morgan fingerprint density at radius 3 is 2.68 bits per heavy atom. The largest absolute Gasteiger partial charge is 0.270 e. The number of hydrogen-bond acceptors (Lipinski definition) is 2. The zero-order valence-corrected chi connectivity index (χ0v) is 13.8. The topological polar surface area (TPSA) is 43.1 Å². The third-order valence-corrected chi connectivity index (χ3v) is 5.74. The van der Waals surface area contributed by atoms with Gasteiger partial charge in [0.1, 0.15) is 0 Å². The monoisotopic (exact) mass is 389 g/mol. The summed E-state index contributed by atoms with van der Waals surface area (Å²) >= 11 is 7.26. The highest BCUT2D eigenvalue weighted by Gasteiger charge is 2.22. The molecule has 0 amide bonds. The van der Waals surface area contributed by atoms with Crippen LogP contribution in [-0.4, -0.2) is 9.75 Å². The molecule has 2 unspecified atom stereocenters. The number of alkyl halides is 1. The Hall–Kier alpha value is -0.420. The van der Waals surface area contributed by atoms with E-state index in [1.165, 1.54) is 37.7 Å². The predicted molar refractivity (Wildman–Crippen MR) is 83.8 cm³/mol. The van der Waals surface area contributed by atoms with Crippen molar-refractivity contribution in [2.75, 3.05) is 0 Å². The van der Waals surface area contributed by atoms with Gasteiger partial charge < -0.3 is 0 Å². The van der Waals surface area contributed by atoms with Gasteiger partial charge in [-0.1, -0.05) is 57.2 Å². The van der Waals surface area contributed by atoms with Gasteiger partial charge in [0.25, 0.3) is 5.69 Å². The maximum atomic E-state index is 10.7. The third-order valence-electron chi connectivity index (χ3n) is 3.80. The molecule has 0 N–H and O–H groups in total. The molecule has 1 aromatic carbocycles. The minimum absolute atomic E-state index is 0.145. The van der Waals surface area contributed by atoms with E-state index in [2.05, 4.69) is 31.9 Å². The van der Waals surface area contributed by atoms with E-state index in [4.69, 9.17) is 0 Å². The lowest BCUT2D eigenvalue weighted by molar-refractivity contribution is -0.384. The van der Waals surface area contributed by atoms with Crippen molar-refractivity contribution < 1.29 is 4.92 Å². The lowest BCUT2D eigenvalue weighted by atomic mass is 9.92. The van der Waals surface area contributed by atoms with Gasteiger partial charge in [0.05, 0.1) is 4.92 Å². The molecular weight excluding hydrogens is 374 g/mol. The normalized spacial score (nSPS) is 23.9. The number of non-ortho nitro benzene ring substituents is 1. The van der Waals surface area contributed by atoms with E-state index in [1.54, 1.807) is 12.1 Å². The first-order valence-electron chi connectivity index (χ1n) is 6.65. The summed E-state index contributed by atoms with van der Waals surface area (Å²) in [5.41, 5.74) is 1.31. The van der Waals surface area contributed by atoms with Crippen molar-refractivity contribution in [3.8, 4) is 0 Å². The van der Waals surface area contributed by atoms with Crippen LogP contribution in [-0.2, 0) is 6.42 Å². The summed E-state index contributed by atoms with van der Waals surface area (Å²) in [6.07, 6.45) is 7.36. The Morgan fingerprint density at radius 1 is 1.26 bits per heavy atom. The van der Waals surface area contributed by atoms with Crippen molar-refractivity contribution in [1.82, 2.24) is 0 Å². The van der Waals surface area contributed by atoms with Crippen molar-refractivity contribution in [1.29, 1.82) is 0 Å². The third kappa shape index (κ3) is 4.02. The highest BCUT2D eigenvalue weighted by atomic mass is 79.9. The van der Waals surface area contributed by atoms with E-state index in [1.807, 2.05) is 6.07 Å². The van der Waals surface area contributed by atoms with Crippen LogP contribution in [0.2, 0.25) is 0 Å². The molecule has 1 fully saturated rings. The summed E-state index contributed by atoms with van der Waals surface area (Å²) in [5, 5.41) is 10.7. The van der Waals surface area contributed by atoms with Gasteiger partial charge in [0.2, 0.25) is 0 Å². The SMILES string of the molecule is O=[N+]([O-])c1ccc(CC2CCCCCC2Br)c(Br)c1. The first kappa shape index (κ1) is 15.0. The predicted octanol–water partition coefficient (Wildman–Crippen LogP) is 5.24. The van der Waals surface area contributed by atoms with E-state index in [0.29, 0.717) is 10.7 Å². The Labute approximate surface area is 130 Å². The van der Waals surface area contributed by atoms with Crippen molar-refractivity contribution >= 4 is 37.5 Å². The van der Waals surface area contributed by atoms with Crippen molar-refractivity contribution in [2.45, 2.75) is 43.4 Å². The molecule has 1 aliphatic rings. The fourth-order valence-electron chi connectivity index (χ4n) is 2.67. The standard InChI is InChI=1S/C14H17Br2NO2/c15-13-5-3-1-2-4-10(13)8-11-6-7-12(17(18)19)9-14(11)16/h6-7,9-10,13H,1-5,8H2. The van der Waals surface area contributed by atoms with Gasteiger partial charge in [-0.25, -0.2) is 0 Å². The average Bonchev–Trinajstić information content (AvgIpc) is 2.57. The fourth-order valence-corrected chi connectivity index (χ4v) is 3.97. The van der Waals surface area contributed by atoms with E-state index in [-0.39, 0.29) is 10.6 Å². The lowest BCUT2D eigenvalue weighted by Gasteiger charge is -2.20. The molecule has 1 aliphatic carbocycles. The molecule has 0 bridgehead atoms. The van der Waals surface area contributed by atoms with Gasteiger partial charge in [-0.15, -0.1) is 0 Å². The second kappa shape index (κ2) is 6.84. The molecule has 0 heterocycles. The number of hydrogen-bond donors (Lipinski definition) is 0. The Morgan fingerprint density at radius 2 is 2.00 bits per heavy atom. The Bertz CT molecular complexity index is 465. The van der Waals surface area contributed by atoms with Crippen molar-refractivity contribution in [3.05, 3.63) is 38.3 Å². The summed E-state index contributed by atoms with van der Waals surface area (Å²) in [7, 11) is 0. The van der Waals surface area contributed by atoms with Crippen molar-refractivity contribution in [2.24, 2.45) is 5.92 Å². The van der Waals surface area contributed by atoms with E-state index >= 15 is 0 Å². The number of halogens is 2. The first-order valence-corrected chi connectivity index (χ1v) is 8.35. The maximum absolute atomic E-state index is 10.7. The van der Waals surface area contributed by atoms with Crippen LogP contribution in [0.25, 0.3) is 0 Å². The molecule has 19 heavy (non-hydrogen) atoms. The van der Waals surface area contributed by atoms with Crippen LogP contribution in [0.3, 0.4) is 0 Å². The van der Waals surface area contributed by atoms with Crippen molar-refractivity contribution in [3.63, 3.8) is 0 Å². The molecular formula is C14H17Br2NO2. The maximum Gasteiger partial charge on any atom is 0.270 e. The molecule has 2 rings (SSSR count). The molecule has 1 aromatic rings. The summed E-state index contributed by atoms with van der Waals surface area (Å²) in [5.74, 6) is 0.625. The van der Waals surface area contributed by atoms with Crippen LogP contribution >= 0.6 is 31.9 Å². The van der Waals surface area contributed by atoms with Crippen LogP contribution in [0.15, 0.2) is 22.7 Å². The minimum atomic E-state index is -0.354. The molecule has 2 atom stereocenters. The van der Waals surface area contributed by atoms with Crippen LogP contribution in [0.4, 0.5) is 5.69 Å². The van der Waals surface area contributed by atoms with Gasteiger partial charge in [-0.3, -0.25) is 10.1 Å². The molecule has 3 nitrogen and oxygen atoms in total. The highest BCUT2D eigenvalue weighted by Crippen LogP contribution is 2.33. The molecule has 104 valence electrons. The zero-order valence-electron chi connectivity index (χ0n) is 10.6. The number of nitro benzene ring substituents is 1. The van der Waals surface area contributed by atoms with E-state index in [0.717, 1.165) is 10.9 Å². The number of nitrogens with zero attached hydrogens (tertiary/aromatic N) is 1. The molecule has 0 saturated heterocycles. The summed E-state index contributed by atoms with van der Waals surface area (Å²) in [6, 6.07) is 5.09. The molecule has 0 spiro atoms. The summed E-state index contributed by atoms with van der Waals surface area (Å²) in [4.78, 5) is 10.9. The number of nitro groups is 1. The zero-order chi connectivity index (χ0) is 13.8. The molecule has 5 heteroatoms. The Kier molecular flexibility index (Phi) is 5.39. The van der Waals surface area contributed by atoms with Gasteiger partial charge in [0.15, 0.2) is 0 Å². The Balaban J connectivity index is 2.11. The fraction of sp³-hybridized carbons (Fsp3) is 0.571. The minimum Gasteiger partial charge on any atom is -0.258 e. The number of rotatable bonds is 3. The summed E-state index contributed by atoms with van der Waals surface area (Å²) in [6.45, 7) is 0. The van der Waals surface area contributed by atoms with Crippen LogP contribution in [0.5, 0.6) is 0 Å². The lowest BCUT2D eigenvalue weighted by Crippen LogP contribution is -2.15. The summed E-state index contributed by atoms with van der Waals surface area (Å²) < 4.78 is 0.852. The van der Waals surface area contributed by atoms with Gasteiger partial charge >= 0.3 is 0 Å². The molecule has 0 radical (unpaired) electrons.